The van der Waals surface area contributed by atoms with Crippen molar-refractivity contribution in [3.63, 3.8) is 0 Å². The maximum Gasteiger partial charge on any atom is 0.191 e. The van der Waals surface area contributed by atoms with Gasteiger partial charge in [-0.1, -0.05) is 18.7 Å². The number of benzene rings is 1. The lowest BCUT2D eigenvalue weighted by Gasteiger charge is -2.41. The normalized spacial score (nSPS) is 29.6. The summed E-state index contributed by atoms with van der Waals surface area (Å²) in [6.45, 7) is 7.53. The first kappa shape index (κ1) is 17.2. The molecule has 2 aliphatic rings. The molecule has 0 heterocycles. The molecule has 0 radical (unpaired) electrons. The van der Waals surface area contributed by atoms with E-state index in [-0.39, 0.29) is 18.3 Å². The summed E-state index contributed by atoms with van der Waals surface area (Å²) in [7, 11) is 0. The Morgan fingerprint density at radius 1 is 1.00 bits per heavy atom. The van der Waals surface area contributed by atoms with Crippen LogP contribution < -0.4 is 4.74 Å². The Morgan fingerprint density at radius 3 is 2.33 bits per heavy atom. The third-order valence-electron chi connectivity index (χ3n) is 5.82. The van der Waals surface area contributed by atoms with Crippen LogP contribution in [0.15, 0.2) is 37.4 Å². The third kappa shape index (κ3) is 3.55. The van der Waals surface area contributed by atoms with Crippen molar-refractivity contribution in [1.29, 1.82) is 0 Å². The Hall–Kier alpha value is -1.64. The summed E-state index contributed by atoms with van der Waals surface area (Å²) in [5, 5.41) is 0. The van der Waals surface area contributed by atoms with E-state index in [1.54, 1.807) is 0 Å². The van der Waals surface area contributed by atoms with Crippen LogP contribution in [-0.2, 0) is 0 Å². The molecule has 0 saturated heterocycles. The van der Waals surface area contributed by atoms with Gasteiger partial charge in [-0.2, -0.15) is 0 Å². The Bertz CT molecular complexity index is 587. The first-order chi connectivity index (χ1) is 11.6. The van der Waals surface area contributed by atoms with Gasteiger partial charge in [0.15, 0.2) is 17.4 Å². The zero-order chi connectivity index (χ0) is 17.1. The van der Waals surface area contributed by atoms with Gasteiger partial charge in [0.05, 0.1) is 0 Å². The van der Waals surface area contributed by atoms with E-state index in [4.69, 9.17) is 4.74 Å². The highest BCUT2D eigenvalue weighted by atomic mass is 19.1. The van der Waals surface area contributed by atoms with Gasteiger partial charge in [-0.15, -0.1) is 6.58 Å². The predicted molar refractivity (Wildman–Crippen MR) is 93.2 cm³/mol. The molecule has 0 N–H and O–H groups in total. The van der Waals surface area contributed by atoms with Gasteiger partial charge >= 0.3 is 0 Å². The standard InChI is InChI=1S/C21H26F2O/c1-3-9-24-21-19(22)12-18(13-20(21)23)17-8-7-15-10-14(4-2)5-6-16(15)11-17/h3-4,12-17H,1-2,5-11H2/t14-,15-,16-,17?/m1/s1. The summed E-state index contributed by atoms with van der Waals surface area (Å²) < 4.78 is 33.5. The molecule has 1 unspecified atom stereocenters. The highest BCUT2D eigenvalue weighted by Crippen LogP contribution is 2.48. The van der Waals surface area contributed by atoms with Crippen LogP contribution in [-0.4, -0.2) is 6.61 Å². The van der Waals surface area contributed by atoms with E-state index in [2.05, 4.69) is 19.2 Å². The van der Waals surface area contributed by atoms with Gasteiger partial charge in [0, 0.05) is 0 Å². The lowest BCUT2D eigenvalue weighted by Crippen LogP contribution is -2.30. The maximum atomic E-state index is 14.2. The Kier molecular flexibility index (Phi) is 5.37. The van der Waals surface area contributed by atoms with Gasteiger partial charge in [-0.3, -0.25) is 0 Å². The average molecular weight is 332 g/mol. The van der Waals surface area contributed by atoms with Crippen molar-refractivity contribution < 1.29 is 13.5 Å². The van der Waals surface area contributed by atoms with Crippen molar-refractivity contribution >= 4 is 0 Å². The molecule has 0 bridgehead atoms. The number of ether oxygens (including phenoxy) is 1. The van der Waals surface area contributed by atoms with Crippen LogP contribution in [0.4, 0.5) is 8.78 Å². The van der Waals surface area contributed by atoms with Crippen LogP contribution in [0, 0.1) is 29.4 Å². The number of rotatable bonds is 5. The van der Waals surface area contributed by atoms with E-state index in [0.717, 1.165) is 30.7 Å². The monoisotopic (exact) mass is 332 g/mol. The van der Waals surface area contributed by atoms with E-state index < -0.39 is 11.6 Å². The van der Waals surface area contributed by atoms with Gasteiger partial charge in [0.2, 0.25) is 0 Å². The van der Waals surface area contributed by atoms with Crippen LogP contribution in [0.3, 0.4) is 0 Å². The quantitative estimate of drug-likeness (QED) is 0.599. The van der Waals surface area contributed by atoms with E-state index in [1.807, 2.05) is 0 Å². The topological polar surface area (TPSA) is 9.23 Å². The average Bonchev–Trinajstić information content (AvgIpc) is 2.60. The molecule has 0 aromatic heterocycles. The lowest BCUT2D eigenvalue weighted by molar-refractivity contribution is 0.133. The van der Waals surface area contributed by atoms with Crippen LogP contribution in [0.5, 0.6) is 5.75 Å². The molecule has 3 rings (SSSR count). The van der Waals surface area contributed by atoms with Gasteiger partial charge in [0.25, 0.3) is 0 Å². The first-order valence-electron chi connectivity index (χ1n) is 8.97. The summed E-state index contributed by atoms with van der Waals surface area (Å²) in [6, 6.07) is 2.92. The van der Waals surface area contributed by atoms with Crippen LogP contribution in [0.25, 0.3) is 0 Å². The van der Waals surface area contributed by atoms with E-state index >= 15 is 0 Å². The summed E-state index contributed by atoms with van der Waals surface area (Å²) in [5.74, 6) is 0.834. The molecule has 2 aliphatic carbocycles. The zero-order valence-electron chi connectivity index (χ0n) is 14.1. The highest BCUT2D eigenvalue weighted by Gasteiger charge is 2.35. The fourth-order valence-corrected chi connectivity index (χ4v) is 4.54. The molecule has 24 heavy (non-hydrogen) atoms. The van der Waals surface area contributed by atoms with Crippen LogP contribution in [0.2, 0.25) is 0 Å². The summed E-state index contributed by atoms with van der Waals surface area (Å²) in [5.41, 5.74) is 0.778. The van der Waals surface area contributed by atoms with E-state index in [0.29, 0.717) is 11.8 Å². The van der Waals surface area contributed by atoms with Crippen molar-refractivity contribution in [1.82, 2.24) is 0 Å². The second-order valence-corrected chi connectivity index (χ2v) is 7.25. The molecular formula is C21H26F2O. The second-order valence-electron chi connectivity index (χ2n) is 7.25. The third-order valence-corrected chi connectivity index (χ3v) is 5.82. The van der Waals surface area contributed by atoms with Crippen LogP contribution in [0.1, 0.15) is 50.0 Å². The number of halogens is 2. The van der Waals surface area contributed by atoms with Gasteiger partial charge < -0.3 is 4.74 Å². The minimum Gasteiger partial charge on any atom is -0.483 e. The largest absolute Gasteiger partial charge is 0.483 e. The molecule has 0 amide bonds. The van der Waals surface area contributed by atoms with Crippen LogP contribution >= 0.6 is 0 Å². The predicted octanol–water partition coefficient (Wildman–Crippen LogP) is 6.02. The Morgan fingerprint density at radius 2 is 1.67 bits per heavy atom. The number of fused-ring (bicyclic) bond motifs is 1. The molecule has 0 aliphatic heterocycles. The molecule has 0 spiro atoms. The number of hydrogen-bond donors (Lipinski definition) is 0. The fraction of sp³-hybridized carbons (Fsp3) is 0.524. The SMILES string of the molecule is C=CCOc1c(F)cc(C2CC[C@@H]3C[C@H](C=C)CC[C@@H]3C2)cc1F. The summed E-state index contributed by atoms with van der Waals surface area (Å²) in [4.78, 5) is 0. The van der Waals surface area contributed by atoms with Crippen molar-refractivity contribution in [2.24, 2.45) is 17.8 Å². The van der Waals surface area contributed by atoms with Gasteiger partial charge in [0.1, 0.15) is 6.61 Å². The van der Waals surface area contributed by atoms with Crippen molar-refractivity contribution in [2.45, 2.75) is 44.4 Å². The Labute approximate surface area is 143 Å². The molecule has 2 saturated carbocycles. The van der Waals surface area contributed by atoms with E-state index in [1.165, 1.54) is 37.5 Å². The minimum absolute atomic E-state index is 0.102. The smallest absolute Gasteiger partial charge is 0.191 e. The zero-order valence-corrected chi connectivity index (χ0v) is 14.1. The molecule has 1 nitrogen and oxygen atoms in total. The van der Waals surface area contributed by atoms with E-state index in [9.17, 15) is 8.78 Å². The number of allylic oxidation sites excluding steroid dienone is 1. The molecule has 4 atom stereocenters. The summed E-state index contributed by atoms with van der Waals surface area (Å²) in [6.07, 6.45) is 10.4. The molecule has 1 aromatic carbocycles. The molecule has 130 valence electrons. The molecule has 3 heteroatoms. The minimum atomic E-state index is -0.607. The number of hydrogen-bond acceptors (Lipinski definition) is 1. The fourth-order valence-electron chi connectivity index (χ4n) is 4.54. The van der Waals surface area contributed by atoms with Gasteiger partial charge in [-0.25, -0.2) is 8.78 Å². The molecule has 1 aromatic rings. The molecular weight excluding hydrogens is 306 g/mol. The summed E-state index contributed by atoms with van der Waals surface area (Å²) >= 11 is 0. The first-order valence-corrected chi connectivity index (χ1v) is 8.97. The lowest BCUT2D eigenvalue weighted by atomic mass is 9.64. The van der Waals surface area contributed by atoms with Gasteiger partial charge in [-0.05, 0) is 79.9 Å². The van der Waals surface area contributed by atoms with Crippen molar-refractivity contribution in [3.05, 3.63) is 54.6 Å². The second kappa shape index (κ2) is 7.50. The Balaban J connectivity index is 1.71. The van der Waals surface area contributed by atoms with Crippen molar-refractivity contribution in [3.8, 4) is 5.75 Å². The maximum absolute atomic E-state index is 14.2. The van der Waals surface area contributed by atoms with Crippen molar-refractivity contribution in [2.75, 3.05) is 6.61 Å². The highest BCUT2D eigenvalue weighted by molar-refractivity contribution is 5.33. The molecule has 2 fully saturated rings.